The molecule has 22 heavy (non-hydrogen) atoms. The van der Waals surface area contributed by atoms with Crippen molar-refractivity contribution in [3.63, 3.8) is 0 Å². The highest BCUT2D eigenvalue weighted by molar-refractivity contribution is 6.45. The highest BCUT2D eigenvalue weighted by Gasteiger charge is 2.38. The third-order valence-corrected chi connectivity index (χ3v) is 4.47. The van der Waals surface area contributed by atoms with Crippen molar-refractivity contribution in [3.8, 4) is 6.07 Å². The van der Waals surface area contributed by atoms with Crippen LogP contribution in [-0.2, 0) is 4.79 Å². The molecule has 1 amide bonds. The maximum atomic E-state index is 12.4. The van der Waals surface area contributed by atoms with Gasteiger partial charge < -0.3 is 4.90 Å². The molecule has 1 aromatic carbocycles. The lowest BCUT2D eigenvalue weighted by atomic mass is 10.1. The summed E-state index contributed by atoms with van der Waals surface area (Å²) in [5, 5.41) is 16.1. The Kier molecular flexibility index (Phi) is 4.23. The molecule has 114 valence electrons. The largest absolute Gasteiger partial charge is 0.314 e. The number of rotatable bonds is 1. The molecule has 7 heteroatoms. The summed E-state index contributed by atoms with van der Waals surface area (Å²) >= 11 is 12.2. The van der Waals surface area contributed by atoms with Gasteiger partial charge in [0, 0.05) is 11.6 Å². The lowest BCUT2D eigenvalue weighted by molar-refractivity contribution is -0.126. The molecule has 0 bridgehead atoms. The maximum Gasteiger partial charge on any atom is 0.286 e. The zero-order valence-corrected chi connectivity index (χ0v) is 13.3. The minimum absolute atomic E-state index is 0.107. The van der Waals surface area contributed by atoms with Crippen molar-refractivity contribution in [2.24, 2.45) is 5.10 Å². The van der Waals surface area contributed by atoms with Crippen molar-refractivity contribution in [1.29, 1.82) is 5.26 Å². The van der Waals surface area contributed by atoms with Crippen molar-refractivity contribution in [3.05, 3.63) is 28.2 Å². The third kappa shape index (κ3) is 2.65. The van der Waals surface area contributed by atoms with Crippen LogP contribution in [0, 0.1) is 11.3 Å². The Hall–Kier alpha value is -1.77. The van der Waals surface area contributed by atoms with Gasteiger partial charge in [-0.25, -0.2) is 5.01 Å². The lowest BCUT2D eigenvalue weighted by Gasteiger charge is -2.40. The predicted molar refractivity (Wildman–Crippen MR) is 86.0 cm³/mol. The van der Waals surface area contributed by atoms with Crippen LogP contribution < -0.4 is 5.01 Å². The van der Waals surface area contributed by atoms with Gasteiger partial charge in [-0.15, -0.1) is 0 Å². The fourth-order valence-electron chi connectivity index (χ4n) is 2.89. The SMILES string of the molecule is N#CC1=NN(c2ccc(Cl)cc2Cl)[C@H]2CCCCCN2C1=O. The van der Waals surface area contributed by atoms with Crippen molar-refractivity contribution in [2.45, 2.75) is 31.8 Å². The van der Waals surface area contributed by atoms with Gasteiger partial charge in [-0.3, -0.25) is 4.79 Å². The van der Waals surface area contributed by atoms with Gasteiger partial charge in [0.15, 0.2) is 0 Å². The van der Waals surface area contributed by atoms with E-state index >= 15 is 0 Å². The quantitative estimate of drug-likeness (QED) is 0.789. The van der Waals surface area contributed by atoms with Crippen LogP contribution in [0.5, 0.6) is 0 Å². The van der Waals surface area contributed by atoms with E-state index in [9.17, 15) is 10.1 Å². The number of anilines is 1. The number of carbonyl (C=O) groups is 1. The zero-order valence-electron chi connectivity index (χ0n) is 11.8. The van der Waals surface area contributed by atoms with Crippen LogP contribution in [0.1, 0.15) is 25.7 Å². The van der Waals surface area contributed by atoms with Gasteiger partial charge in [-0.2, -0.15) is 10.4 Å². The summed E-state index contributed by atoms with van der Waals surface area (Å²) in [5.74, 6) is -0.296. The summed E-state index contributed by atoms with van der Waals surface area (Å²) in [5.41, 5.74) is 0.549. The average molecular weight is 337 g/mol. The maximum absolute atomic E-state index is 12.4. The molecule has 2 aliphatic heterocycles. The minimum Gasteiger partial charge on any atom is -0.314 e. The second-order valence-electron chi connectivity index (χ2n) is 5.33. The van der Waals surface area contributed by atoms with Crippen LogP contribution in [-0.4, -0.2) is 29.2 Å². The highest BCUT2D eigenvalue weighted by Crippen LogP contribution is 2.34. The molecule has 0 radical (unpaired) electrons. The summed E-state index contributed by atoms with van der Waals surface area (Å²) in [7, 11) is 0. The Balaban J connectivity index is 2.08. The van der Waals surface area contributed by atoms with Crippen LogP contribution in [0.3, 0.4) is 0 Å². The van der Waals surface area contributed by atoms with Crippen molar-refractivity contribution in [2.75, 3.05) is 11.6 Å². The monoisotopic (exact) mass is 336 g/mol. The molecule has 5 nitrogen and oxygen atoms in total. The number of benzene rings is 1. The normalized spacial score (nSPS) is 21.8. The second-order valence-corrected chi connectivity index (χ2v) is 6.17. The number of hydrazone groups is 1. The molecular weight excluding hydrogens is 323 g/mol. The van der Waals surface area contributed by atoms with E-state index in [0.29, 0.717) is 22.3 Å². The fraction of sp³-hybridized carbons (Fsp3) is 0.400. The number of nitriles is 1. The first kappa shape index (κ1) is 15.1. The van der Waals surface area contributed by atoms with Gasteiger partial charge >= 0.3 is 0 Å². The average Bonchev–Trinajstić information content (AvgIpc) is 2.75. The Bertz CT molecular complexity index is 683. The van der Waals surface area contributed by atoms with E-state index in [0.717, 1.165) is 25.7 Å². The third-order valence-electron chi connectivity index (χ3n) is 3.94. The van der Waals surface area contributed by atoms with Gasteiger partial charge in [-0.1, -0.05) is 29.6 Å². The molecule has 0 unspecified atom stereocenters. The number of hydrogen-bond donors (Lipinski definition) is 0. The first-order valence-corrected chi connectivity index (χ1v) is 7.91. The standard InChI is InChI=1S/C15H14Cl2N4O/c16-10-5-6-13(11(17)8-10)21-14-4-2-1-3-7-20(14)15(22)12(9-18)19-21/h5-6,8,14H,1-4,7H2/t14-/m0/s1. The molecule has 0 spiro atoms. The molecule has 1 atom stereocenters. The Labute approximate surface area is 138 Å². The summed E-state index contributed by atoms with van der Waals surface area (Å²) in [4.78, 5) is 14.1. The first-order valence-electron chi connectivity index (χ1n) is 7.16. The van der Waals surface area contributed by atoms with Crippen molar-refractivity contribution < 1.29 is 4.79 Å². The molecular formula is C15H14Cl2N4O. The number of amides is 1. The second kappa shape index (κ2) is 6.15. The van der Waals surface area contributed by atoms with Gasteiger partial charge in [0.25, 0.3) is 5.91 Å². The van der Waals surface area contributed by atoms with Gasteiger partial charge in [0.1, 0.15) is 12.2 Å². The molecule has 1 saturated heterocycles. The van der Waals surface area contributed by atoms with Crippen LogP contribution in [0.25, 0.3) is 0 Å². The van der Waals surface area contributed by atoms with E-state index in [4.69, 9.17) is 23.2 Å². The van der Waals surface area contributed by atoms with E-state index in [1.165, 1.54) is 0 Å². The molecule has 2 heterocycles. The van der Waals surface area contributed by atoms with Crippen molar-refractivity contribution >= 4 is 40.5 Å². The van der Waals surface area contributed by atoms with Crippen LogP contribution in [0.4, 0.5) is 5.69 Å². The molecule has 1 aromatic rings. The van der Waals surface area contributed by atoms with E-state index in [2.05, 4.69) is 5.10 Å². The Morgan fingerprint density at radius 1 is 1.27 bits per heavy atom. The number of halogens is 2. The zero-order chi connectivity index (χ0) is 15.7. The molecule has 0 N–H and O–H groups in total. The number of fused-ring (bicyclic) bond motifs is 1. The van der Waals surface area contributed by atoms with Gasteiger partial charge in [-0.05, 0) is 37.5 Å². The number of carbonyl (C=O) groups excluding carboxylic acids is 1. The molecule has 2 aliphatic rings. The number of nitrogens with zero attached hydrogens (tertiary/aromatic N) is 4. The smallest absolute Gasteiger partial charge is 0.286 e. The molecule has 0 aromatic heterocycles. The van der Waals surface area contributed by atoms with Crippen molar-refractivity contribution in [1.82, 2.24) is 4.90 Å². The highest BCUT2D eigenvalue weighted by atomic mass is 35.5. The Morgan fingerprint density at radius 3 is 2.82 bits per heavy atom. The van der Waals surface area contributed by atoms with Crippen LogP contribution >= 0.6 is 23.2 Å². The molecule has 3 rings (SSSR count). The van der Waals surface area contributed by atoms with E-state index in [1.54, 1.807) is 28.1 Å². The first-order chi connectivity index (χ1) is 10.6. The summed E-state index contributed by atoms with van der Waals surface area (Å²) in [6.07, 6.45) is 3.60. The topological polar surface area (TPSA) is 59.7 Å². The van der Waals surface area contributed by atoms with Crippen LogP contribution in [0.15, 0.2) is 23.3 Å². The van der Waals surface area contributed by atoms with E-state index < -0.39 is 0 Å². The summed E-state index contributed by atoms with van der Waals surface area (Å²) < 4.78 is 0. The van der Waals surface area contributed by atoms with E-state index in [1.807, 2.05) is 6.07 Å². The summed E-state index contributed by atoms with van der Waals surface area (Å²) in [6, 6.07) is 7.01. The lowest BCUT2D eigenvalue weighted by Crippen LogP contribution is -2.55. The van der Waals surface area contributed by atoms with Gasteiger partial charge in [0.2, 0.25) is 5.71 Å². The Morgan fingerprint density at radius 2 is 2.09 bits per heavy atom. The molecule has 0 saturated carbocycles. The molecule has 0 aliphatic carbocycles. The number of hydrogen-bond acceptors (Lipinski definition) is 4. The predicted octanol–water partition coefficient (Wildman–Crippen LogP) is 3.42. The fourth-order valence-corrected chi connectivity index (χ4v) is 3.38. The molecule has 1 fully saturated rings. The van der Waals surface area contributed by atoms with Gasteiger partial charge in [0.05, 0.1) is 10.7 Å². The van der Waals surface area contributed by atoms with E-state index in [-0.39, 0.29) is 17.8 Å². The van der Waals surface area contributed by atoms with Crippen LogP contribution in [0.2, 0.25) is 10.0 Å². The summed E-state index contributed by atoms with van der Waals surface area (Å²) in [6.45, 7) is 0.631. The minimum atomic E-state index is -0.296.